The number of nitrogens with one attached hydrogen (secondary N) is 1. The summed E-state index contributed by atoms with van der Waals surface area (Å²) >= 11 is 1.12. The molecule has 1 radical (unpaired) electrons. The van der Waals surface area contributed by atoms with Crippen molar-refractivity contribution in [3.63, 3.8) is 0 Å². The van der Waals surface area contributed by atoms with Gasteiger partial charge >= 0.3 is 6.36 Å². The first-order valence-electron chi connectivity index (χ1n) is 2.55. The first kappa shape index (κ1) is 8.16. The lowest BCUT2D eigenvalue weighted by atomic mass is 10.4. The smallest absolute Gasteiger partial charge is 0.272 e. The predicted molar refractivity (Wildman–Crippen MR) is 30.6 cm³/mol. The van der Waals surface area contributed by atoms with E-state index in [1.807, 2.05) is 0 Å². The Morgan fingerprint density at radius 2 is 2.30 bits per heavy atom. The molecule has 0 aromatic rings. The molecule has 1 aliphatic rings. The van der Waals surface area contributed by atoms with Gasteiger partial charge < -0.3 is 0 Å². The normalized spacial score (nSPS) is 27.3. The van der Waals surface area contributed by atoms with Gasteiger partial charge in [-0.25, -0.2) is 4.72 Å². The third-order valence-electron chi connectivity index (χ3n) is 0.869. The Bertz CT molecular complexity index is 112. The molecule has 1 atom stereocenters. The van der Waals surface area contributed by atoms with Crippen LogP contribution in [0.15, 0.2) is 0 Å². The lowest BCUT2D eigenvalue weighted by Crippen LogP contribution is -2.28. The maximum Gasteiger partial charge on any atom is 0.524 e. The minimum absolute atomic E-state index is 0.282. The largest absolute Gasteiger partial charge is 0.524 e. The van der Waals surface area contributed by atoms with Gasteiger partial charge in [0.15, 0.2) is 0 Å². The van der Waals surface area contributed by atoms with Gasteiger partial charge in [0.05, 0.1) is 0 Å². The van der Waals surface area contributed by atoms with Crippen molar-refractivity contribution >= 4 is 11.9 Å². The Morgan fingerprint density at radius 3 is 2.70 bits per heavy atom. The van der Waals surface area contributed by atoms with Crippen LogP contribution in [0.5, 0.6) is 0 Å². The van der Waals surface area contributed by atoms with Gasteiger partial charge in [-0.15, -0.1) is 13.2 Å². The summed E-state index contributed by atoms with van der Waals surface area (Å²) in [5.41, 5.74) is 0. The van der Waals surface area contributed by atoms with Crippen LogP contribution in [-0.4, -0.2) is 12.6 Å². The topological polar surface area (TPSA) is 21.3 Å². The van der Waals surface area contributed by atoms with Crippen molar-refractivity contribution in [3.05, 3.63) is 5.75 Å². The molecule has 0 bridgehead atoms. The summed E-state index contributed by atoms with van der Waals surface area (Å²) in [6.07, 6.45) is -5.16. The van der Waals surface area contributed by atoms with Crippen molar-refractivity contribution in [2.75, 3.05) is 0 Å². The second-order valence-corrected chi connectivity index (χ2v) is 2.50. The van der Waals surface area contributed by atoms with Gasteiger partial charge in [0.2, 0.25) is 0 Å². The van der Waals surface area contributed by atoms with Gasteiger partial charge in [-0.05, 0) is 0 Å². The molecule has 0 aromatic carbocycles. The van der Waals surface area contributed by atoms with Crippen molar-refractivity contribution in [1.29, 1.82) is 0 Å². The molecular formula is C4H5F3NOS. The van der Waals surface area contributed by atoms with Crippen molar-refractivity contribution in [2.45, 2.75) is 19.0 Å². The van der Waals surface area contributed by atoms with Gasteiger partial charge in [0.1, 0.15) is 6.23 Å². The van der Waals surface area contributed by atoms with Gasteiger partial charge in [0.25, 0.3) is 0 Å². The van der Waals surface area contributed by atoms with Crippen LogP contribution >= 0.6 is 11.9 Å². The van der Waals surface area contributed by atoms with Crippen molar-refractivity contribution in [3.8, 4) is 0 Å². The van der Waals surface area contributed by atoms with Crippen LogP contribution in [0.2, 0.25) is 0 Å². The van der Waals surface area contributed by atoms with E-state index in [1.54, 1.807) is 5.75 Å². The molecule has 1 N–H and O–H groups in total. The first-order valence-corrected chi connectivity index (χ1v) is 3.43. The summed E-state index contributed by atoms with van der Waals surface area (Å²) in [4.78, 5) is 0. The van der Waals surface area contributed by atoms with E-state index in [-0.39, 0.29) is 6.42 Å². The van der Waals surface area contributed by atoms with Crippen molar-refractivity contribution in [2.24, 2.45) is 0 Å². The molecule has 0 saturated carbocycles. The summed E-state index contributed by atoms with van der Waals surface area (Å²) in [6.45, 7) is 0. The maximum atomic E-state index is 11.4. The summed E-state index contributed by atoms with van der Waals surface area (Å²) in [6, 6.07) is 0. The Labute approximate surface area is 60.2 Å². The van der Waals surface area contributed by atoms with E-state index in [0.717, 1.165) is 11.9 Å². The van der Waals surface area contributed by atoms with Crippen LogP contribution in [0.4, 0.5) is 13.2 Å². The fraction of sp³-hybridized carbons (Fsp3) is 0.750. The van der Waals surface area contributed by atoms with Gasteiger partial charge in [-0.3, -0.25) is 4.74 Å². The Morgan fingerprint density at radius 1 is 1.60 bits per heavy atom. The zero-order valence-electron chi connectivity index (χ0n) is 4.81. The number of hydrogen-bond acceptors (Lipinski definition) is 3. The molecule has 59 valence electrons. The Hall–Kier alpha value is 0.0600. The van der Waals surface area contributed by atoms with Crippen LogP contribution in [0.25, 0.3) is 0 Å². The number of ether oxygens (including phenoxy) is 1. The Kier molecular flexibility index (Phi) is 2.43. The SMILES string of the molecule is FC(F)(F)OC1C[CH]SN1. The van der Waals surface area contributed by atoms with E-state index in [4.69, 9.17) is 0 Å². The summed E-state index contributed by atoms with van der Waals surface area (Å²) in [5.74, 6) is 1.62. The summed E-state index contributed by atoms with van der Waals surface area (Å²) in [5, 5.41) is 0. The highest BCUT2D eigenvalue weighted by molar-refractivity contribution is 7.99. The van der Waals surface area contributed by atoms with Gasteiger partial charge in [-0.2, -0.15) is 0 Å². The maximum absolute atomic E-state index is 11.4. The van der Waals surface area contributed by atoms with Crippen LogP contribution in [0.1, 0.15) is 6.42 Å². The highest BCUT2D eigenvalue weighted by Crippen LogP contribution is 2.25. The third-order valence-corrected chi connectivity index (χ3v) is 1.63. The molecule has 0 spiro atoms. The number of halogens is 3. The van der Waals surface area contributed by atoms with Gasteiger partial charge in [-0.1, -0.05) is 11.9 Å². The quantitative estimate of drug-likeness (QED) is 0.607. The fourth-order valence-electron chi connectivity index (χ4n) is 0.541. The Balaban J connectivity index is 2.24. The molecule has 1 rings (SSSR count). The first-order chi connectivity index (χ1) is 4.58. The monoisotopic (exact) mass is 172 g/mol. The van der Waals surface area contributed by atoms with E-state index in [9.17, 15) is 13.2 Å². The lowest BCUT2D eigenvalue weighted by Gasteiger charge is -2.12. The molecule has 0 aromatic heterocycles. The standard InChI is InChI=1S/C4H5F3NOS/c5-4(6,7)9-3-1-2-10-8-3/h2-3,8H,1H2. The molecule has 2 nitrogen and oxygen atoms in total. The average molecular weight is 172 g/mol. The molecule has 1 fully saturated rings. The lowest BCUT2D eigenvalue weighted by molar-refractivity contribution is -0.342. The zero-order valence-corrected chi connectivity index (χ0v) is 5.63. The minimum atomic E-state index is -4.53. The van der Waals surface area contributed by atoms with E-state index in [1.165, 1.54) is 0 Å². The molecule has 1 unspecified atom stereocenters. The van der Waals surface area contributed by atoms with Crippen LogP contribution in [-0.2, 0) is 4.74 Å². The molecule has 6 heteroatoms. The number of alkyl halides is 3. The van der Waals surface area contributed by atoms with Crippen LogP contribution in [0.3, 0.4) is 0 Å². The van der Waals surface area contributed by atoms with E-state index in [0.29, 0.717) is 0 Å². The highest BCUT2D eigenvalue weighted by Gasteiger charge is 2.34. The molecule has 1 heterocycles. The second-order valence-electron chi connectivity index (χ2n) is 1.69. The molecule has 0 aliphatic carbocycles. The average Bonchev–Trinajstić information content (AvgIpc) is 2.12. The van der Waals surface area contributed by atoms with Crippen LogP contribution < -0.4 is 4.72 Å². The molecule has 1 saturated heterocycles. The van der Waals surface area contributed by atoms with E-state index < -0.39 is 12.6 Å². The molecule has 0 amide bonds. The fourth-order valence-corrected chi connectivity index (χ4v) is 1.20. The van der Waals surface area contributed by atoms with Crippen molar-refractivity contribution in [1.82, 2.24) is 4.72 Å². The number of hydrogen-bond donors (Lipinski definition) is 1. The van der Waals surface area contributed by atoms with Crippen molar-refractivity contribution < 1.29 is 17.9 Å². The summed E-state index contributed by atoms with van der Waals surface area (Å²) < 4.78 is 40.3. The van der Waals surface area contributed by atoms with Gasteiger partial charge in [0, 0.05) is 12.2 Å². The van der Waals surface area contributed by atoms with Crippen LogP contribution in [0, 0.1) is 5.75 Å². The summed E-state index contributed by atoms with van der Waals surface area (Å²) in [7, 11) is 0. The predicted octanol–water partition coefficient (Wildman–Crippen LogP) is 1.65. The third kappa shape index (κ3) is 2.76. The molecule has 1 aliphatic heterocycles. The number of rotatable bonds is 1. The zero-order chi connectivity index (χ0) is 7.61. The second kappa shape index (κ2) is 2.98. The van der Waals surface area contributed by atoms with E-state index in [2.05, 4.69) is 9.46 Å². The van der Waals surface area contributed by atoms with E-state index >= 15 is 0 Å². The minimum Gasteiger partial charge on any atom is -0.272 e. The highest BCUT2D eigenvalue weighted by atomic mass is 32.2. The molecule has 10 heavy (non-hydrogen) atoms. The molecular weight excluding hydrogens is 167 g/mol.